The predicted molar refractivity (Wildman–Crippen MR) is 73.2 cm³/mol. The van der Waals surface area contributed by atoms with Crippen molar-refractivity contribution in [1.82, 2.24) is 0 Å². The van der Waals surface area contributed by atoms with E-state index >= 15 is 0 Å². The maximum atomic E-state index is 6.04. The van der Waals surface area contributed by atoms with Crippen LogP contribution >= 0.6 is 0 Å². The first-order chi connectivity index (χ1) is 8.84. The number of benzene rings is 2. The second-order valence-electron chi connectivity index (χ2n) is 4.73. The molecule has 18 heavy (non-hydrogen) atoms. The molecule has 1 fully saturated rings. The molecule has 2 heteroatoms. The van der Waals surface area contributed by atoms with E-state index in [-0.39, 0.29) is 12.1 Å². The SMILES string of the molecule is NC1CCOC1c1ccc(-c2ccccc2)cc1. The lowest BCUT2D eigenvalue weighted by atomic mass is 9.99. The Bertz CT molecular complexity index is 506. The van der Waals surface area contributed by atoms with E-state index in [1.165, 1.54) is 16.7 Å². The Morgan fingerprint density at radius 1 is 0.889 bits per heavy atom. The zero-order valence-electron chi connectivity index (χ0n) is 10.3. The van der Waals surface area contributed by atoms with Gasteiger partial charge in [0.1, 0.15) is 0 Å². The van der Waals surface area contributed by atoms with E-state index in [0.717, 1.165) is 13.0 Å². The summed E-state index contributed by atoms with van der Waals surface area (Å²) < 4.78 is 5.67. The summed E-state index contributed by atoms with van der Waals surface area (Å²) in [6.07, 6.45) is 1.01. The van der Waals surface area contributed by atoms with E-state index in [1.807, 2.05) is 6.07 Å². The summed E-state index contributed by atoms with van der Waals surface area (Å²) >= 11 is 0. The minimum Gasteiger partial charge on any atom is -0.372 e. The van der Waals surface area contributed by atoms with Gasteiger partial charge in [0.15, 0.2) is 0 Å². The van der Waals surface area contributed by atoms with E-state index in [1.54, 1.807) is 0 Å². The van der Waals surface area contributed by atoms with Crippen LogP contribution in [0.25, 0.3) is 11.1 Å². The van der Waals surface area contributed by atoms with Crippen molar-refractivity contribution >= 4 is 0 Å². The van der Waals surface area contributed by atoms with Crippen molar-refractivity contribution in [3.05, 3.63) is 60.2 Å². The summed E-state index contributed by atoms with van der Waals surface area (Å²) in [7, 11) is 0. The van der Waals surface area contributed by atoms with Gasteiger partial charge in [0, 0.05) is 12.6 Å². The number of hydrogen-bond acceptors (Lipinski definition) is 2. The fourth-order valence-corrected chi connectivity index (χ4v) is 2.45. The van der Waals surface area contributed by atoms with Gasteiger partial charge < -0.3 is 10.5 Å². The fourth-order valence-electron chi connectivity index (χ4n) is 2.45. The predicted octanol–water partition coefficient (Wildman–Crippen LogP) is 3.14. The Morgan fingerprint density at radius 3 is 2.17 bits per heavy atom. The standard InChI is InChI=1S/C16H17NO/c17-15-10-11-18-16(15)14-8-6-13(7-9-14)12-4-2-1-3-5-12/h1-9,15-16H,10-11,17H2. The van der Waals surface area contributed by atoms with Crippen LogP contribution < -0.4 is 5.73 Å². The molecule has 2 atom stereocenters. The summed E-state index contributed by atoms with van der Waals surface area (Å²) in [4.78, 5) is 0. The molecule has 92 valence electrons. The number of ether oxygens (including phenoxy) is 1. The molecule has 0 saturated carbocycles. The van der Waals surface area contributed by atoms with Crippen molar-refractivity contribution in [2.75, 3.05) is 6.61 Å². The monoisotopic (exact) mass is 239 g/mol. The second kappa shape index (κ2) is 4.92. The largest absolute Gasteiger partial charge is 0.372 e. The van der Waals surface area contributed by atoms with Crippen LogP contribution in [0, 0.1) is 0 Å². The number of nitrogens with two attached hydrogens (primary N) is 1. The van der Waals surface area contributed by atoms with Gasteiger partial charge in [-0.25, -0.2) is 0 Å². The van der Waals surface area contributed by atoms with Crippen molar-refractivity contribution in [1.29, 1.82) is 0 Å². The molecule has 2 nitrogen and oxygen atoms in total. The van der Waals surface area contributed by atoms with E-state index < -0.39 is 0 Å². The first-order valence-corrected chi connectivity index (χ1v) is 6.37. The van der Waals surface area contributed by atoms with Crippen molar-refractivity contribution in [2.24, 2.45) is 5.73 Å². The van der Waals surface area contributed by atoms with Crippen LogP contribution in [-0.4, -0.2) is 12.6 Å². The van der Waals surface area contributed by atoms with Crippen LogP contribution in [0.1, 0.15) is 18.1 Å². The second-order valence-corrected chi connectivity index (χ2v) is 4.73. The molecule has 0 radical (unpaired) electrons. The van der Waals surface area contributed by atoms with Crippen LogP contribution in [0.15, 0.2) is 54.6 Å². The molecule has 1 aliphatic rings. The highest BCUT2D eigenvalue weighted by Crippen LogP contribution is 2.29. The van der Waals surface area contributed by atoms with Gasteiger partial charge in [-0.05, 0) is 23.1 Å². The highest BCUT2D eigenvalue weighted by molar-refractivity contribution is 5.63. The Balaban J connectivity index is 1.85. The third-order valence-corrected chi connectivity index (χ3v) is 3.48. The van der Waals surface area contributed by atoms with Crippen LogP contribution in [0.2, 0.25) is 0 Å². The van der Waals surface area contributed by atoms with Crippen molar-refractivity contribution in [3.8, 4) is 11.1 Å². The summed E-state index contributed by atoms with van der Waals surface area (Å²) in [6, 6.07) is 19.0. The van der Waals surface area contributed by atoms with Gasteiger partial charge >= 0.3 is 0 Å². The van der Waals surface area contributed by atoms with Crippen LogP contribution in [0.5, 0.6) is 0 Å². The first-order valence-electron chi connectivity index (χ1n) is 6.37. The van der Waals surface area contributed by atoms with Crippen molar-refractivity contribution in [3.63, 3.8) is 0 Å². The smallest absolute Gasteiger partial charge is 0.0976 e. The molecule has 2 unspecified atom stereocenters. The molecule has 0 bridgehead atoms. The Hall–Kier alpha value is -1.64. The molecule has 1 aliphatic heterocycles. The van der Waals surface area contributed by atoms with Crippen molar-refractivity contribution in [2.45, 2.75) is 18.6 Å². The maximum Gasteiger partial charge on any atom is 0.0976 e. The van der Waals surface area contributed by atoms with Crippen LogP contribution in [0.3, 0.4) is 0 Å². The molecular formula is C16H17NO. The zero-order chi connectivity index (χ0) is 12.4. The summed E-state index contributed by atoms with van der Waals surface area (Å²) in [5.41, 5.74) is 9.68. The number of hydrogen-bond donors (Lipinski definition) is 1. The zero-order valence-corrected chi connectivity index (χ0v) is 10.3. The highest BCUT2D eigenvalue weighted by atomic mass is 16.5. The normalized spacial score (nSPS) is 23.2. The Labute approximate surface area is 107 Å². The highest BCUT2D eigenvalue weighted by Gasteiger charge is 2.26. The first kappa shape index (κ1) is 11.5. The van der Waals surface area contributed by atoms with E-state index in [9.17, 15) is 0 Å². The third-order valence-electron chi connectivity index (χ3n) is 3.48. The van der Waals surface area contributed by atoms with Crippen LogP contribution in [-0.2, 0) is 4.74 Å². The third kappa shape index (κ3) is 2.17. The van der Waals surface area contributed by atoms with E-state index in [4.69, 9.17) is 10.5 Å². The van der Waals surface area contributed by atoms with Gasteiger partial charge in [-0.3, -0.25) is 0 Å². The Kier molecular flexibility index (Phi) is 3.13. The lowest BCUT2D eigenvalue weighted by Gasteiger charge is -2.15. The minimum atomic E-state index is 0.0647. The Morgan fingerprint density at radius 2 is 1.56 bits per heavy atom. The molecule has 2 aromatic rings. The summed E-state index contributed by atoms with van der Waals surface area (Å²) in [6.45, 7) is 0.770. The van der Waals surface area contributed by atoms with Crippen LogP contribution in [0.4, 0.5) is 0 Å². The topological polar surface area (TPSA) is 35.2 Å². The van der Waals surface area contributed by atoms with Gasteiger partial charge in [0.2, 0.25) is 0 Å². The van der Waals surface area contributed by atoms with Gasteiger partial charge in [-0.2, -0.15) is 0 Å². The van der Waals surface area contributed by atoms with Crippen molar-refractivity contribution < 1.29 is 4.74 Å². The molecule has 0 aliphatic carbocycles. The molecule has 0 aromatic heterocycles. The quantitative estimate of drug-likeness (QED) is 0.873. The molecule has 1 saturated heterocycles. The molecule has 1 heterocycles. The molecule has 2 aromatic carbocycles. The molecular weight excluding hydrogens is 222 g/mol. The lowest BCUT2D eigenvalue weighted by molar-refractivity contribution is 0.105. The lowest BCUT2D eigenvalue weighted by Crippen LogP contribution is -2.23. The van der Waals surface area contributed by atoms with Gasteiger partial charge in [0.05, 0.1) is 6.10 Å². The van der Waals surface area contributed by atoms with Gasteiger partial charge in [0.25, 0.3) is 0 Å². The van der Waals surface area contributed by atoms with E-state index in [0.29, 0.717) is 0 Å². The van der Waals surface area contributed by atoms with E-state index in [2.05, 4.69) is 48.5 Å². The molecule has 0 spiro atoms. The van der Waals surface area contributed by atoms with Gasteiger partial charge in [-0.15, -0.1) is 0 Å². The average molecular weight is 239 g/mol. The molecule has 3 rings (SSSR count). The molecule has 0 amide bonds. The summed E-state index contributed by atoms with van der Waals surface area (Å²) in [5.74, 6) is 0. The number of rotatable bonds is 2. The van der Waals surface area contributed by atoms with Gasteiger partial charge in [-0.1, -0.05) is 54.6 Å². The summed E-state index contributed by atoms with van der Waals surface area (Å²) in [5, 5.41) is 0. The fraction of sp³-hybridized carbons (Fsp3) is 0.250. The maximum absolute atomic E-state index is 6.04. The molecule has 2 N–H and O–H groups in total. The minimum absolute atomic E-state index is 0.0647. The average Bonchev–Trinajstić information content (AvgIpc) is 2.86.